The summed E-state index contributed by atoms with van der Waals surface area (Å²) >= 11 is 0. The van der Waals surface area contributed by atoms with Gasteiger partial charge in [-0.25, -0.2) is 0 Å². The van der Waals surface area contributed by atoms with E-state index in [0.717, 1.165) is 64.7 Å². The van der Waals surface area contributed by atoms with Gasteiger partial charge in [0.1, 0.15) is 0 Å². The first-order valence-electron chi connectivity index (χ1n) is 10.9. The minimum absolute atomic E-state index is 0. The maximum atomic E-state index is 12.4. The SMILES string of the molecule is CCNC(=NCC(C)N1CCOCC1)NCCCCN1C(=O)c2ccccc2C1=O.I. The lowest BCUT2D eigenvalue weighted by atomic mass is 10.1. The summed E-state index contributed by atoms with van der Waals surface area (Å²) in [5, 5.41) is 6.63. The number of amides is 2. The number of hydrogen-bond acceptors (Lipinski definition) is 5. The summed E-state index contributed by atoms with van der Waals surface area (Å²) in [7, 11) is 0. The van der Waals surface area contributed by atoms with E-state index in [9.17, 15) is 9.59 Å². The molecule has 2 heterocycles. The first-order valence-corrected chi connectivity index (χ1v) is 10.9. The molecule has 2 aliphatic rings. The molecule has 0 bridgehead atoms. The second kappa shape index (κ2) is 13.0. The van der Waals surface area contributed by atoms with Crippen LogP contribution >= 0.6 is 24.0 Å². The number of nitrogens with one attached hydrogen (secondary N) is 2. The van der Waals surface area contributed by atoms with Crippen LogP contribution in [-0.4, -0.2) is 86.1 Å². The Bertz CT molecular complexity index is 732. The summed E-state index contributed by atoms with van der Waals surface area (Å²) in [6.07, 6.45) is 1.60. The van der Waals surface area contributed by atoms with E-state index in [0.29, 0.717) is 23.7 Å². The van der Waals surface area contributed by atoms with Crippen LogP contribution in [0.25, 0.3) is 0 Å². The van der Waals surface area contributed by atoms with E-state index in [-0.39, 0.29) is 35.8 Å². The fourth-order valence-corrected chi connectivity index (χ4v) is 3.74. The Morgan fingerprint density at radius 2 is 1.74 bits per heavy atom. The zero-order valence-corrected chi connectivity index (χ0v) is 20.8. The maximum Gasteiger partial charge on any atom is 0.261 e. The van der Waals surface area contributed by atoms with Gasteiger partial charge < -0.3 is 15.4 Å². The standard InChI is InChI=1S/C22H33N5O3.HI/c1-3-23-22(25-16-17(2)26-12-14-30-15-13-26)24-10-6-7-11-27-20(28)18-8-4-5-9-19(18)21(27)29;/h4-5,8-9,17H,3,6-7,10-16H2,1-2H3,(H2,23,24,25);1H. The molecule has 0 aromatic heterocycles. The molecular weight excluding hydrogens is 509 g/mol. The number of halogens is 1. The van der Waals surface area contributed by atoms with Crippen molar-refractivity contribution in [2.45, 2.75) is 32.7 Å². The Morgan fingerprint density at radius 1 is 1.10 bits per heavy atom. The highest BCUT2D eigenvalue weighted by Crippen LogP contribution is 2.22. The number of imide groups is 1. The van der Waals surface area contributed by atoms with Crippen LogP contribution in [0.5, 0.6) is 0 Å². The van der Waals surface area contributed by atoms with Crippen LogP contribution in [0, 0.1) is 0 Å². The number of carbonyl (C=O) groups is 2. The predicted molar refractivity (Wildman–Crippen MR) is 132 cm³/mol. The van der Waals surface area contributed by atoms with Gasteiger partial charge in [-0.3, -0.25) is 24.4 Å². The first-order chi connectivity index (χ1) is 14.6. The summed E-state index contributed by atoms with van der Waals surface area (Å²) < 4.78 is 5.41. The Labute approximate surface area is 201 Å². The van der Waals surface area contributed by atoms with Gasteiger partial charge >= 0.3 is 0 Å². The Kier molecular flexibility index (Phi) is 10.7. The molecule has 9 heteroatoms. The van der Waals surface area contributed by atoms with Crippen molar-refractivity contribution in [2.24, 2.45) is 4.99 Å². The Balaban J connectivity index is 0.00000341. The highest BCUT2D eigenvalue weighted by molar-refractivity contribution is 14.0. The van der Waals surface area contributed by atoms with Gasteiger partial charge in [-0.2, -0.15) is 0 Å². The number of carbonyl (C=O) groups excluding carboxylic acids is 2. The summed E-state index contributed by atoms with van der Waals surface area (Å²) in [4.78, 5) is 33.2. The van der Waals surface area contributed by atoms with Gasteiger partial charge in [-0.1, -0.05) is 12.1 Å². The second-order valence-electron chi connectivity index (χ2n) is 7.66. The number of benzene rings is 1. The second-order valence-corrected chi connectivity index (χ2v) is 7.66. The lowest BCUT2D eigenvalue weighted by Crippen LogP contribution is -2.44. The van der Waals surface area contributed by atoms with Crippen LogP contribution in [-0.2, 0) is 4.74 Å². The molecule has 8 nitrogen and oxygen atoms in total. The van der Waals surface area contributed by atoms with E-state index in [1.54, 1.807) is 24.3 Å². The zero-order chi connectivity index (χ0) is 21.3. The largest absolute Gasteiger partial charge is 0.379 e. The molecule has 2 amide bonds. The smallest absolute Gasteiger partial charge is 0.261 e. The van der Waals surface area contributed by atoms with Gasteiger partial charge in [-0.05, 0) is 38.8 Å². The van der Waals surface area contributed by atoms with E-state index < -0.39 is 0 Å². The van der Waals surface area contributed by atoms with Crippen LogP contribution < -0.4 is 10.6 Å². The summed E-state index contributed by atoms with van der Waals surface area (Å²) in [5.41, 5.74) is 1.02. The number of aliphatic imine (C=N–C) groups is 1. The van der Waals surface area contributed by atoms with Crippen molar-refractivity contribution in [3.63, 3.8) is 0 Å². The monoisotopic (exact) mass is 543 g/mol. The van der Waals surface area contributed by atoms with Gasteiger partial charge in [0.25, 0.3) is 11.8 Å². The first kappa shape index (κ1) is 25.5. The molecule has 2 N–H and O–H groups in total. The number of rotatable bonds is 9. The summed E-state index contributed by atoms with van der Waals surface area (Å²) in [6.45, 7) is 10.4. The Morgan fingerprint density at radius 3 is 2.35 bits per heavy atom. The van der Waals surface area contributed by atoms with E-state index in [1.807, 2.05) is 6.92 Å². The molecule has 1 atom stereocenters. The van der Waals surface area contributed by atoms with Crippen molar-refractivity contribution in [1.29, 1.82) is 0 Å². The van der Waals surface area contributed by atoms with Crippen molar-refractivity contribution < 1.29 is 14.3 Å². The molecule has 172 valence electrons. The van der Waals surface area contributed by atoms with Crippen molar-refractivity contribution in [1.82, 2.24) is 20.4 Å². The zero-order valence-electron chi connectivity index (χ0n) is 18.4. The van der Waals surface area contributed by atoms with Crippen LogP contribution in [0.2, 0.25) is 0 Å². The van der Waals surface area contributed by atoms with E-state index in [2.05, 4.69) is 22.5 Å². The molecule has 0 spiro atoms. The number of hydrogen-bond donors (Lipinski definition) is 2. The van der Waals surface area contributed by atoms with Gasteiger partial charge in [0, 0.05) is 38.8 Å². The van der Waals surface area contributed by atoms with Crippen LogP contribution in [0.1, 0.15) is 47.4 Å². The minimum atomic E-state index is -0.185. The molecule has 3 rings (SSSR count). The highest BCUT2D eigenvalue weighted by Gasteiger charge is 2.34. The average Bonchev–Trinajstić information content (AvgIpc) is 3.02. The number of unbranched alkanes of at least 4 members (excludes halogenated alkanes) is 1. The fraction of sp³-hybridized carbons (Fsp3) is 0.591. The van der Waals surface area contributed by atoms with Crippen molar-refractivity contribution in [3.8, 4) is 0 Å². The average molecular weight is 543 g/mol. The number of ether oxygens (including phenoxy) is 1. The van der Waals surface area contributed by atoms with Gasteiger partial charge in [0.15, 0.2) is 5.96 Å². The molecular formula is C22H34IN5O3. The molecule has 1 unspecified atom stereocenters. The van der Waals surface area contributed by atoms with Crippen molar-refractivity contribution >= 4 is 41.8 Å². The number of guanidine groups is 1. The molecule has 2 aliphatic heterocycles. The number of morpholine rings is 1. The molecule has 1 fully saturated rings. The molecule has 0 saturated carbocycles. The van der Waals surface area contributed by atoms with Crippen LogP contribution in [0.15, 0.2) is 29.3 Å². The van der Waals surface area contributed by atoms with E-state index in [4.69, 9.17) is 9.73 Å². The summed E-state index contributed by atoms with van der Waals surface area (Å²) in [5.74, 6) is 0.435. The quantitative estimate of drug-likeness (QED) is 0.163. The molecule has 1 aromatic carbocycles. The van der Waals surface area contributed by atoms with Crippen molar-refractivity contribution in [2.75, 3.05) is 52.5 Å². The highest BCUT2D eigenvalue weighted by atomic mass is 127. The lowest BCUT2D eigenvalue weighted by molar-refractivity contribution is 0.0220. The van der Waals surface area contributed by atoms with E-state index in [1.165, 1.54) is 4.90 Å². The third kappa shape index (κ3) is 6.88. The third-order valence-electron chi connectivity index (χ3n) is 5.51. The minimum Gasteiger partial charge on any atom is -0.379 e. The van der Waals surface area contributed by atoms with Gasteiger partial charge in [0.2, 0.25) is 0 Å². The number of nitrogens with zero attached hydrogens (tertiary/aromatic N) is 3. The molecule has 1 aromatic rings. The third-order valence-corrected chi connectivity index (χ3v) is 5.51. The maximum absolute atomic E-state index is 12.4. The summed E-state index contributed by atoms with van der Waals surface area (Å²) in [6, 6.07) is 7.39. The van der Waals surface area contributed by atoms with Crippen molar-refractivity contribution in [3.05, 3.63) is 35.4 Å². The van der Waals surface area contributed by atoms with Crippen LogP contribution in [0.4, 0.5) is 0 Å². The number of fused-ring (bicyclic) bond motifs is 1. The lowest BCUT2D eigenvalue weighted by Gasteiger charge is -2.31. The van der Waals surface area contributed by atoms with Gasteiger partial charge in [0.05, 0.1) is 30.9 Å². The molecule has 1 saturated heterocycles. The topological polar surface area (TPSA) is 86.3 Å². The molecule has 0 radical (unpaired) electrons. The molecule has 31 heavy (non-hydrogen) atoms. The molecule has 0 aliphatic carbocycles. The van der Waals surface area contributed by atoms with Crippen LogP contribution in [0.3, 0.4) is 0 Å². The van der Waals surface area contributed by atoms with E-state index >= 15 is 0 Å². The predicted octanol–water partition coefficient (Wildman–Crippen LogP) is 1.96. The fourth-order valence-electron chi connectivity index (χ4n) is 3.74. The normalized spacial score (nSPS) is 17.9. The Hall–Kier alpha value is -1.72. The van der Waals surface area contributed by atoms with Gasteiger partial charge in [-0.15, -0.1) is 24.0 Å².